The lowest BCUT2D eigenvalue weighted by Crippen LogP contribution is -2.47. The van der Waals surface area contributed by atoms with E-state index in [1.54, 1.807) is 11.1 Å². The number of aryl methyl sites for hydroxylation is 1. The molecule has 0 spiro atoms. The first-order valence-corrected chi connectivity index (χ1v) is 7.35. The fourth-order valence-corrected chi connectivity index (χ4v) is 3.54. The second-order valence-corrected chi connectivity index (χ2v) is 5.76. The molecule has 1 aliphatic heterocycles. The lowest BCUT2D eigenvalue weighted by atomic mass is 9.86. The van der Waals surface area contributed by atoms with E-state index in [0.29, 0.717) is 0 Å². The van der Waals surface area contributed by atoms with E-state index < -0.39 is 0 Å². The summed E-state index contributed by atoms with van der Waals surface area (Å²) >= 11 is 0. The van der Waals surface area contributed by atoms with E-state index in [9.17, 15) is 0 Å². The molecule has 0 amide bonds. The predicted molar refractivity (Wildman–Crippen MR) is 75.9 cm³/mol. The Hall–Kier alpha value is -0.860. The molecule has 0 saturated carbocycles. The summed E-state index contributed by atoms with van der Waals surface area (Å²) in [4.78, 5) is 2.73. The summed E-state index contributed by atoms with van der Waals surface area (Å²) in [6.45, 7) is 2.55. The molecule has 98 valence electrons. The molecule has 1 unspecified atom stereocenters. The number of likely N-dealkylation sites (tertiary alicyclic amines) is 1. The van der Waals surface area contributed by atoms with Crippen LogP contribution in [0.4, 0.5) is 0 Å². The summed E-state index contributed by atoms with van der Waals surface area (Å²) in [7, 11) is 2.09. The maximum absolute atomic E-state index is 3.42. The Labute approximate surface area is 110 Å². The molecule has 1 aliphatic carbocycles. The summed E-state index contributed by atoms with van der Waals surface area (Å²) in [5.74, 6) is 0. The molecule has 2 aliphatic rings. The van der Waals surface area contributed by atoms with Gasteiger partial charge in [-0.3, -0.25) is 4.90 Å². The normalized spacial score (nSPS) is 25.9. The van der Waals surface area contributed by atoms with Crippen molar-refractivity contribution in [2.75, 3.05) is 20.1 Å². The van der Waals surface area contributed by atoms with Gasteiger partial charge in [0.15, 0.2) is 0 Å². The molecule has 1 saturated heterocycles. The highest BCUT2D eigenvalue weighted by molar-refractivity contribution is 5.30. The molecule has 1 heterocycles. The Morgan fingerprint density at radius 3 is 2.50 bits per heavy atom. The molecular formula is C16H24N2. The molecule has 1 N–H and O–H groups in total. The molecule has 3 rings (SSSR count). The summed E-state index contributed by atoms with van der Waals surface area (Å²) in [5, 5.41) is 3.42. The van der Waals surface area contributed by atoms with E-state index >= 15 is 0 Å². The van der Waals surface area contributed by atoms with E-state index in [1.807, 2.05) is 0 Å². The number of nitrogens with one attached hydrogen (secondary N) is 1. The molecule has 1 aromatic rings. The van der Waals surface area contributed by atoms with Gasteiger partial charge in [-0.15, -0.1) is 0 Å². The van der Waals surface area contributed by atoms with E-state index in [-0.39, 0.29) is 0 Å². The van der Waals surface area contributed by atoms with Crippen molar-refractivity contribution in [1.82, 2.24) is 10.2 Å². The van der Waals surface area contributed by atoms with Crippen molar-refractivity contribution in [3.63, 3.8) is 0 Å². The second-order valence-electron chi connectivity index (χ2n) is 5.76. The Morgan fingerprint density at radius 2 is 1.78 bits per heavy atom. The van der Waals surface area contributed by atoms with Crippen LogP contribution in [0.5, 0.6) is 0 Å². The average Bonchev–Trinajstić information content (AvgIpc) is 2.47. The first-order chi connectivity index (χ1) is 8.86. The number of hydrogen-bond donors (Lipinski definition) is 1. The van der Waals surface area contributed by atoms with Crippen molar-refractivity contribution in [2.24, 2.45) is 0 Å². The Kier molecular flexibility index (Phi) is 3.67. The minimum Gasteiger partial charge on any atom is -0.317 e. The van der Waals surface area contributed by atoms with Crippen LogP contribution in [-0.4, -0.2) is 37.1 Å². The SMILES string of the molecule is CNC1CCN(C2CCc3ccccc3C2)CC1. The quantitative estimate of drug-likeness (QED) is 0.858. The number of rotatable bonds is 2. The van der Waals surface area contributed by atoms with Gasteiger partial charge in [0.2, 0.25) is 0 Å². The third-order valence-electron chi connectivity index (χ3n) is 4.78. The molecule has 18 heavy (non-hydrogen) atoms. The van der Waals surface area contributed by atoms with E-state index in [4.69, 9.17) is 0 Å². The zero-order valence-corrected chi connectivity index (χ0v) is 11.4. The lowest BCUT2D eigenvalue weighted by Gasteiger charge is -2.39. The van der Waals surface area contributed by atoms with Crippen LogP contribution in [0.15, 0.2) is 24.3 Å². The van der Waals surface area contributed by atoms with E-state index in [0.717, 1.165) is 12.1 Å². The van der Waals surface area contributed by atoms with Gasteiger partial charge in [0, 0.05) is 12.1 Å². The van der Waals surface area contributed by atoms with E-state index in [2.05, 4.69) is 41.5 Å². The Bertz CT molecular complexity index is 394. The monoisotopic (exact) mass is 244 g/mol. The third-order valence-corrected chi connectivity index (χ3v) is 4.78. The highest BCUT2D eigenvalue weighted by atomic mass is 15.2. The smallest absolute Gasteiger partial charge is 0.0139 e. The maximum atomic E-state index is 3.42. The largest absolute Gasteiger partial charge is 0.317 e. The molecule has 0 aromatic heterocycles. The summed E-state index contributed by atoms with van der Waals surface area (Å²) in [6, 6.07) is 10.5. The Morgan fingerprint density at radius 1 is 1.06 bits per heavy atom. The van der Waals surface area contributed by atoms with Crippen LogP contribution < -0.4 is 5.32 Å². The maximum Gasteiger partial charge on any atom is 0.0139 e. The molecular weight excluding hydrogens is 220 g/mol. The fraction of sp³-hybridized carbons (Fsp3) is 0.625. The van der Waals surface area contributed by atoms with Gasteiger partial charge in [0.25, 0.3) is 0 Å². The number of benzene rings is 1. The highest BCUT2D eigenvalue weighted by Gasteiger charge is 2.27. The molecule has 1 fully saturated rings. The number of nitrogens with zero attached hydrogens (tertiary/aromatic N) is 1. The van der Waals surface area contributed by atoms with Gasteiger partial charge < -0.3 is 5.32 Å². The van der Waals surface area contributed by atoms with Crippen LogP contribution in [0.3, 0.4) is 0 Å². The second kappa shape index (κ2) is 5.41. The molecule has 2 nitrogen and oxygen atoms in total. The zero-order chi connectivity index (χ0) is 12.4. The van der Waals surface area contributed by atoms with Crippen molar-refractivity contribution in [3.8, 4) is 0 Å². The first kappa shape index (κ1) is 12.2. The van der Waals surface area contributed by atoms with E-state index in [1.165, 1.54) is 45.2 Å². The average molecular weight is 244 g/mol. The number of hydrogen-bond acceptors (Lipinski definition) is 2. The minimum atomic E-state index is 0.747. The van der Waals surface area contributed by atoms with Crippen LogP contribution in [0.2, 0.25) is 0 Å². The predicted octanol–water partition coefficient (Wildman–Crippen LogP) is 2.23. The molecule has 0 radical (unpaired) electrons. The topological polar surface area (TPSA) is 15.3 Å². The fourth-order valence-electron chi connectivity index (χ4n) is 3.54. The minimum absolute atomic E-state index is 0.747. The van der Waals surface area contributed by atoms with Gasteiger partial charge in [-0.1, -0.05) is 24.3 Å². The Balaban J connectivity index is 1.63. The standard InChI is InChI=1S/C16H24N2/c1-17-15-8-10-18(11-9-15)16-7-6-13-4-2-3-5-14(13)12-16/h2-5,15-17H,6-12H2,1H3. The van der Waals surface area contributed by atoms with Crippen molar-refractivity contribution < 1.29 is 0 Å². The molecule has 0 bridgehead atoms. The van der Waals surface area contributed by atoms with Gasteiger partial charge in [-0.2, -0.15) is 0 Å². The molecule has 1 aromatic carbocycles. The van der Waals surface area contributed by atoms with Crippen molar-refractivity contribution >= 4 is 0 Å². The van der Waals surface area contributed by atoms with Crippen molar-refractivity contribution in [3.05, 3.63) is 35.4 Å². The zero-order valence-electron chi connectivity index (χ0n) is 11.4. The van der Waals surface area contributed by atoms with Crippen molar-refractivity contribution in [1.29, 1.82) is 0 Å². The van der Waals surface area contributed by atoms with Gasteiger partial charge in [-0.25, -0.2) is 0 Å². The van der Waals surface area contributed by atoms with Crippen LogP contribution in [0, 0.1) is 0 Å². The number of piperidine rings is 1. The van der Waals surface area contributed by atoms with Crippen molar-refractivity contribution in [2.45, 2.75) is 44.2 Å². The molecule has 1 atom stereocenters. The summed E-state index contributed by atoms with van der Waals surface area (Å²) in [6.07, 6.45) is 6.51. The third kappa shape index (κ3) is 2.45. The van der Waals surface area contributed by atoms with Gasteiger partial charge >= 0.3 is 0 Å². The first-order valence-electron chi connectivity index (χ1n) is 7.35. The summed E-state index contributed by atoms with van der Waals surface area (Å²) < 4.78 is 0. The number of fused-ring (bicyclic) bond motifs is 1. The summed E-state index contributed by atoms with van der Waals surface area (Å²) in [5.41, 5.74) is 3.17. The van der Waals surface area contributed by atoms with Crippen LogP contribution in [-0.2, 0) is 12.8 Å². The van der Waals surface area contributed by atoms with Crippen LogP contribution in [0.25, 0.3) is 0 Å². The van der Waals surface area contributed by atoms with Gasteiger partial charge in [-0.05, 0) is 63.4 Å². The lowest BCUT2D eigenvalue weighted by molar-refractivity contribution is 0.134. The molecule has 2 heteroatoms. The highest BCUT2D eigenvalue weighted by Crippen LogP contribution is 2.26. The van der Waals surface area contributed by atoms with Crippen LogP contribution in [0.1, 0.15) is 30.4 Å². The van der Waals surface area contributed by atoms with Gasteiger partial charge in [0.05, 0.1) is 0 Å². The van der Waals surface area contributed by atoms with Gasteiger partial charge in [0.1, 0.15) is 0 Å². The van der Waals surface area contributed by atoms with Crippen LogP contribution >= 0.6 is 0 Å².